The summed E-state index contributed by atoms with van der Waals surface area (Å²) < 4.78 is 7.04. The van der Waals surface area contributed by atoms with Crippen LogP contribution in [-0.2, 0) is 26.2 Å². The van der Waals surface area contributed by atoms with Gasteiger partial charge in [0.1, 0.15) is 0 Å². The van der Waals surface area contributed by atoms with Crippen LogP contribution in [0, 0.1) is 19.8 Å². The van der Waals surface area contributed by atoms with E-state index in [9.17, 15) is 14.4 Å². The Kier molecular flexibility index (Phi) is 5.53. The maximum Gasteiger partial charge on any atom is 0.312 e. The quantitative estimate of drug-likeness (QED) is 0.790. The highest BCUT2D eigenvalue weighted by Gasteiger charge is 2.40. The summed E-state index contributed by atoms with van der Waals surface area (Å²) in [5, 5.41) is 7.03. The van der Waals surface area contributed by atoms with E-state index in [4.69, 9.17) is 4.74 Å². The maximum atomic E-state index is 12.5. The first-order valence-electron chi connectivity index (χ1n) is 9.59. The highest BCUT2D eigenvalue weighted by atomic mass is 16.5. The summed E-state index contributed by atoms with van der Waals surface area (Å²) in [5.41, 5.74) is 2.16. The molecular formula is C19H28N4O4. The van der Waals surface area contributed by atoms with Gasteiger partial charge >= 0.3 is 5.97 Å². The highest BCUT2D eigenvalue weighted by Crippen LogP contribution is 2.30. The zero-order chi connectivity index (χ0) is 19.7. The van der Waals surface area contributed by atoms with E-state index in [0.29, 0.717) is 17.9 Å². The first-order chi connectivity index (χ1) is 12.8. The molecule has 0 aromatic carbocycles. The Bertz CT molecular complexity index is 751. The van der Waals surface area contributed by atoms with Crippen LogP contribution in [0.2, 0.25) is 0 Å². The van der Waals surface area contributed by atoms with Gasteiger partial charge in [0.2, 0.25) is 5.91 Å². The molecule has 3 rings (SSSR count). The lowest BCUT2D eigenvalue weighted by molar-refractivity contribution is -0.157. The first-order valence-corrected chi connectivity index (χ1v) is 9.59. The number of aryl methyl sites for hydroxylation is 2. The smallest absolute Gasteiger partial charge is 0.312 e. The van der Waals surface area contributed by atoms with Gasteiger partial charge in [-0.3, -0.25) is 19.1 Å². The number of aromatic nitrogens is 2. The number of amides is 2. The molecule has 2 amide bonds. The molecule has 1 aromatic rings. The number of nitrogens with one attached hydrogen (secondary N) is 1. The van der Waals surface area contributed by atoms with Crippen molar-refractivity contribution in [3.63, 3.8) is 0 Å². The second-order valence-corrected chi connectivity index (χ2v) is 7.62. The van der Waals surface area contributed by atoms with Gasteiger partial charge in [0.25, 0.3) is 5.91 Å². The van der Waals surface area contributed by atoms with Crippen LogP contribution in [0.15, 0.2) is 0 Å². The van der Waals surface area contributed by atoms with Crippen molar-refractivity contribution in [2.75, 3.05) is 11.9 Å². The normalized spacial score (nSPS) is 21.6. The van der Waals surface area contributed by atoms with Crippen molar-refractivity contribution in [3.05, 3.63) is 11.4 Å². The molecule has 0 bridgehead atoms. The minimum Gasteiger partial charge on any atom is -0.452 e. The minimum absolute atomic E-state index is 0.0163. The van der Waals surface area contributed by atoms with E-state index in [1.165, 1.54) is 0 Å². The van der Waals surface area contributed by atoms with Crippen LogP contribution in [0.25, 0.3) is 0 Å². The number of hydrogen-bond acceptors (Lipinski definition) is 5. The van der Waals surface area contributed by atoms with Gasteiger partial charge in [0, 0.05) is 26.1 Å². The molecule has 1 saturated carbocycles. The SMILES string of the molecule is Cc1nn(C)c(C)c1NC(=O)[C@H](C)OC(=O)[C@H]1CC(=O)N(C2CCCC2)C1. The van der Waals surface area contributed by atoms with Crippen molar-refractivity contribution >= 4 is 23.5 Å². The molecule has 1 aliphatic carbocycles. The number of carbonyl (C=O) groups excluding carboxylic acids is 3. The van der Waals surface area contributed by atoms with E-state index in [2.05, 4.69) is 10.4 Å². The molecule has 0 radical (unpaired) electrons. The number of carbonyl (C=O) groups is 3. The van der Waals surface area contributed by atoms with E-state index in [0.717, 1.165) is 31.4 Å². The molecule has 8 heteroatoms. The Morgan fingerprint density at radius 2 is 1.93 bits per heavy atom. The molecule has 148 valence electrons. The predicted molar refractivity (Wildman–Crippen MR) is 98.9 cm³/mol. The molecule has 0 unspecified atom stereocenters. The first kappa shape index (κ1) is 19.4. The number of ether oxygens (including phenoxy) is 1. The summed E-state index contributed by atoms with van der Waals surface area (Å²) in [5.74, 6) is -1.36. The lowest BCUT2D eigenvalue weighted by Crippen LogP contribution is -2.36. The minimum atomic E-state index is -0.938. The van der Waals surface area contributed by atoms with Crippen LogP contribution < -0.4 is 5.32 Å². The van der Waals surface area contributed by atoms with Crippen molar-refractivity contribution in [3.8, 4) is 0 Å². The van der Waals surface area contributed by atoms with Gasteiger partial charge in [-0.1, -0.05) is 12.8 Å². The zero-order valence-electron chi connectivity index (χ0n) is 16.4. The third-order valence-corrected chi connectivity index (χ3v) is 5.68. The van der Waals surface area contributed by atoms with E-state index in [1.54, 1.807) is 25.6 Å². The largest absolute Gasteiger partial charge is 0.452 e. The highest BCUT2D eigenvalue weighted by molar-refractivity contribution is 5.96. The average Bonchev–Trinajstić information content (AvgIpc) is 3.31. The van der Waals surface area contributed by atoms with Gasteiger partial charge < -0.3 is 15.0 Å². The summed E-state index contributed by atoms with van der Waals surface area (Å²) in [4.78, 5) is 38.9. The van der Waals surface area contributed by atoms with Crippen molar-refractivity contribution in [2.24, 2.45) is 13.0 Å². The average molecular weight is 376 g/mol. The maximum absolute atomic E-state index is 12.5. The van der Waals surface area contributed by atoms with E-state index in [-0.39, 0.29) is 18.4 Å². The zero-order valence-corrected chi connectivity index (χ0v) is 16.4. The number of nitrogens with zero attached hydrogens (tertiary/aromatic N) is 3. The van der Waals surface area contributed by atoms with Crippen LogP contribution in [0.5, 0.6) is 0 Å². The van der Waals surface area contributed by atoms with Gasteiger partial charge in [0.05, 0.1) is 23.0 Å². The van der Waals surface area contributed by atoms with Crippen LogP contribution in [-0.4, -0.2) is 51.2 Å². The Morgan fingerprint density at radius 1 is 1.26 bits per heavy atom. The third-order valence-electron chi connectivity index (χ3n) is 5.68. The Hall–Kier alpha value is -2.38. The molecule has 1 aromatic heterocycles. The summed E-state index contributed by atoms with van der Waals surface area (Å²) >= 11 is 0. The van der Waals surface area contributed by atoms with Gasteiger partial charge in [-0.25, -0.2) is 0 Å². The second kappa shape index (κ2) is 7.70. The summed E-state index contributed by atoms with van der Waals surface area (Å²) in [6.07, 6.45) is 3.52. The number of likely N-dealkylation sites (tertiary alicyclic amines) is 1. The topological polar surface area (TPSA) is 93.5 Å². The van der Waals surface area contributed by atoms with Gasteiger partial charge in [0.15, 0.2) is 6.10 Å². The summed E-state index contributed by atoms with van der Waals surface area (Å²) in [7, 11) is 1.80. The van der Waals surface area contributed by atoms with Crippen LogP contribution >= 0.6 is 0 Å². The number of anilines is 1. The summed E-state index contributed by atoms with van der Waals surface area (Å²) in [6, 6.07) is 0.257. The molecule has 0 spiro atoms. The lowest BCUT2D eigenvalue weighted by Gasteiger charge is -2.24. The number of rotatable bonds is 5. The predicted octanol–water partition coefficient (Wildman–Crippen LogP) is 1.70. The molecule has 1 aliphatic heterocycles. The molecule has 1 saturated heterocycles. The number of esters is 1. The van der Waals surface area contributed by atoms with Crippen LogP contribution in [0.4, 0.5) is 5.69 Å². The molecule has 2 aliphatic rings. The van der Waals surface area contributed by atoms with Crippen molar-refractivity contribution in [1.29, 1.82) is 0 Å². The Morgan fingerprint density at radius 3 is 2.52 bits per heavy atom. The molecule has 8 nitrogen and oxygen atoms in total. The van der Waals surface area contributed by atoms with E-state index in [1.807, 2.05) is 11.8 Å². The fourth-order valence-corrected chi connectivity index (χ4v) is 3.96. The Labute approximate surface area is 159 Å². The summed E-state index contributed by atoms with van der Waals surface area (Å²) in [6.45, 7) is 5.60. The molecule has 1 N–H and O–H groups in total. The van der Waals surface area contributed by atoms with E-state index < -0.39 is 23.9 Å². The van der Waals surface area contributed by atoms with Crippen molar-refractivity contribution < 1.29 is 19.1 Å². The molecule has 2 fully saturated rings. The Balaban J connectivity index is 1.55. The monoisotopic (exact) mass is 376 g/mol. The standard InChI is InChI=1S/C19H28N4O4/c1-11-17(12(2)22(4)21-11)20-18(25)13(3)27-19(26)14-9-16(24)23(10-14)15-7-5-6-8-15/h13-15H,5-10H2,1-4H3,(H,20,25)/t13-,14-/m0/s1. The molecule has 2 atom stereocenters. The second-order valence-electron chi connectivity index (χ2n) is 7.62. The molecular weight excluding hydrogens is 348 g/mol. The fraction of sp³-hybridized carbons (Fsp3) is 0.684. The fourth-order valence-electron chi connectivity index (χ4n) is 3.96. The lowest BCUT2D eigenvalue weighted by atomic mass is 10.1. The third kappa shape index (κ3) is 3.99. The molecule has 27 heavy (non-hydrogen) atoms. The van der Waals surface area contributed by atoms with Crippen molar-refractivity contribution in [1.82, 2.24) is 14.7 Å². The van der Waals surface area contributed by atoms with E-state index >= 15 is 0 Å². The van der Waals surface area contributed by atoms with Crippen molar-refractivity contribution in [2.45, 2.75) is 65.0 Å². The van der Waals surface area contributed by atoms with Gasteiger partial charge in [-0.2, -0.15) is 5.10 Å². The van der Waals surface area contributed by atoms with Gasteiger partial charge in [-0.05, 0) is 33.6 Å². The van der Waals surface area contributed by atoms with Gasteiger partial charge in [-0.15, -0.1) is 0 Å². The van der Waals surface area contributed by atoms with Crippen LogP contribution in [0.3, 0.4) is 0 Å². The van der Waals surface area contributed by atoms with Crippen LogP contribution in [0.1, 0.15) is 50.4 Å². The molecule has 2 heterocycles. The number of hydrogen-bond donors (Lipinski definition) is 1.